The van der Waals surface area contributed by atoms with Crippen molar-refractivity contribution in [1.29, 1.82) is 0 Å². The highest BCUT2D eigenvalue weighted by Crippen LogP contribution is 2.31. The van der Waals surface area contributed by atoms with Crippen LogP contribution in [0.15, 0.2) is 47.4 Å². The Labute approximate surface area is 243 Å². The minimum absolute atomic E-state index is 0.00933. The molecule has 1 heterocycles. The van der Waals surface area contributed by atoms with Crippen LogP contribution in [0.4, 0.5) is 5.69 Å². The highest BCUT2D eigenvalue weighted by Gasteiger charge is 2.33. The number of sulfonamides is 1. The Morgan fingerprint density at radius 1 is 1.15 bits per heavy atom. The van der Waals surface area contributed by atoms with Gasteiger partial charge >= 0.3 is 0 Å². The van der Waals surface area contributed by atoms with E-state index in [1.807, 2.05) is 13.8 Å². The maximum atomic E-state index is 13.5. The molecule has 1 fully saturated rings. The Kier molecular flexibility index (Phi) is 10.1. The van der Waals surface area contributed by atoms with E-state index in [0.717, 1.165) is 37.7 Å². The lowest BCUT2D eigenvalue weighted by Crippen LogP contribution is -2.48. The van der Waals surface area contributed by atoms with Crippen LogP contribution in [0.25, 0.3) is 0 Å². The number of anilines is 1. The molecule has 41 heavy (non-hydrogen) atoms. The Balaban J connectivity index is 1.62. The average molecular weight is 586 g/mol. The molecule has 224 valence electrons. The molecule has 0 saturated heterocycles. The number of hydrogen-bond acceptors (Lipinski definition) is 6. The molecule has 0 unspecified atom stereocenters. The van der Waals surface area contributed by atoms with Crippen LogP contribution in [-0.2, 0) is 26.0 Å². The molecule has 1 aliphatic carbocycles. The van der Waals surface area contributed by atoms with Gasteiger partial charge in [-0.3, -0.25) is 9.59 Å². The first-order valence-electron chi connectivity index (χ1n) is 14.5. The zero-order valence-corrected chi connectivity index (χ0v) is 25.3. The predicted octanol–water partition coefficient (Wildman–Crippen LogP) is 3.98. The Morgan fingerprint density at radius 2 is 1.83 bits per heavy atom. The van der Waals surface area contributed by atoms with Crippen molar-refractivity contribution in [2.45, 2.75) is 76.3 Å². The van der Waals surface area contributed by atoms with Gasteiger partial charge in [0.1, 0.15) is 11.9 Å². The van der Waals surface area contributed by atoms with Crippen LogP contribution < -0.4 is 10.1 Å². The van der Waals surface area contributed by atoms with Gasteiger partial charge in [0.05, 0.1) is 30.5 Å². The van der Waals surface area contributed by atoms with Gasteiger partial charge < -0.3 is 20.1 Å². The van der Waals surface area contributed by atoms with Crippen LogP contribution in [0.1, 0.15) is 57.1 Å². The van der Waals surface area contributed by atoms with E-state index in [9.17, 15) is 23.1 Å². The normalized spacial score (nSPS) is 21.3. The zero-order valence-electron chi connectivity index (χ0n) is 24.5. The Hall–Kier alpha value is -2.95. The van der Waals surface area contributed by atoms with Crippen molar-refractivity contribution < 1.29 is 27.9 Å². The molecule has 9 nitrogen and oxygen atoms in total. The monoisotopic (exact) mass is 585 g/mol. The topological polar surface area (TPSA) is 116 Å². The lowest BCUT2D eigenvalue weighted by molar-refractivity contribution is -0.134. The number of nitrogens with zero attached hydrogens (tertiary/aromatic N) is 2. The molecule has 2 aromatic carbocycles. The summed E-state index contributed by atoms with van der Waals surface area (Å²) in [7, 11) is -2.25. The summed E-state index contributed by atoms with van der Waals surface area (Å²) in [6.07, 6.45) is 4.47. The molecule has 4 rings (SSSR count). The lowest BCUT2D eigenvalue weighted by Gasteiger charge is -2.33. The van der Waals surface area contributed by atoms with Crippen LogP contribution in [0.5, 0.6) is 5.75 Å². The first kappa shape index (κ1) is 31.0. The average Bonchev–Trinajstić information content (AvgIpc) is 3.00. The van der Waals surface area contributed by atoms with Gasteiger partial charge in [-0.2, -0.15) is 4.31 Å². The maximum absolute atomic E-state index is 13.5. The highest BCUT2D eigenvalue weighted by atomic mass is 32.2. The number of aryl methyl sites for hydroxylation is 1. The summed E-state index contributed by atoms with van der Waals surface area (Å²) in [5.41, 5.74) is 2.17. The molecule has 10 heteroatoms. The van der Waals surface area contributed by atoms with E-state index in [1.54, 1.807) is 54.3 Å². The minimum atomic E-state index is -3.78. The van der Waals surface area contributed by atoms with Gasteiger partial charge in [-0.25, -0.2) is 8.42 Å². The van der Waals surface area contributed by atoms with E-state index in [1.165, 1.54) is 11.4 Å². The summed E-state index contributed by atoms with van der Waals surface area (Å²) >= 11 is 0. The van der Waals surface area contributed by atoms with E-state index >= 15 is 0 Å². The SMILES string of the molecule is Cc1ccc(S(=O)(=O)N(C)C[C@H]2Oc3ccc(NC(=O)C4CCCCC4)cc3CC(=O)N([C@@H](C)CO)C[C@H]2C)cc1. The number of hydrogen-bond donors (Lipinski definition) is 2. The van der Waals surface area contributed by atoms with Crippen molar-refractivity contribution >= 4 is 27.5 Å². The molecule has 0 aromatic heterocycles. The molecule has 0 radical (unpaired) electrons. The molecule has 2 N–H and O–H groups in total. The van der Waals surface area contributed by atoms with Crippen molar-refractivity contribution in [3.8, 4) is 5.75 Å². The fourth-order valence-corrected chi connectivity index (χ4v) is 6.76. The summed E-state index contributed by atoms with van der Waals surface area (Å²) in [5.74, 6) is 0.0416. The van der Waals surface area contributed by atoms with E-state index in [0.29, 0.717) is 23.5 Å². The molecule has 3 atom stereocenters. The third-order valence-electron chi connectivity index (χ3n) is 8.33. The van der Waals surface area contributed by atoms with Crippen LogP contribution in [0.3, 0.4) is 0 Å². The van der Waals surface area contributed by atoms with Crippen LogP contribution in [-0.4, -0.2) is 73.4 Å². The quantitative estimate of drug-likeness (QED) is 0.484. The number of ether oxygens (including phenoxy) is 1. The number of aliphatic hydroxyl groups excluding tert-OH is 1. The Bertz CT molecular complexity index is 1320. The smallest absolute Gasteiger partial charge is 0.242 e. The van der Waals surface area contributed by atoms with Crippen molar-refractivity contribution in [3.05, 3.63) is 53.6 Å². The fourth-order valence-electron chi connectivity index (χ4n) is 5.58. The van der Waals surface area contributed by atoms with Gasteiger partial charge in [-0.15, -0.1) is 0 Å². The fraction of sp³-hybridized carbons (Fsp3) is 0.548. The van der Waals surface area contributed by atoms with E-state index in [2.05, 4.69) is 5.32 Å². The van der Waals surface area contributed by atoms with E-state index in [-0.39, 0.29) is 48.1 Å². The number of likely N-dealkylation sites (N-methyl/N-ethyl adjacent to an activating group) is 1. The first-order valence-corrected chi connectivity index (χ1v) is 16.0. The lowest BCUT2D eigenvalue weighted by atomic mass is 9.88. The van der Waals surface area contributed by atoms with E-state index in [4.69, 9.17) is 4.74 Å². The van der Waals surface area contributed by atoms with Gasteiger partial charge in [-0.1, -0.05) is 43.9 Å². The number of benzene rings is 2. The predicted molar refractivity (Wildman–Crippen MR) is 158 cm³/mol. The second kappa shape index (κ2) is 13.4. The standard InChI is InChI=1S/C31H43N3O6S/c1-21-10-13-27(14-11-21)41(38,39)33(4)19-29-22(2)18-34(23(3)20-35)30(36)17-25-16-26(12-15-28(25)40-29)32-31(37)24-8-6-5-7-9-24/h10-16,22-24,29,35H,5-9,17-20H2,1-4H3,(H,32,37)/t22-,23+,29-/m1/s1. The molecular weight excluding hydrogens is 542 g/mol. The first-order chi connectivity index (χ1) is 19.5. The van der Waals surface area contributed by atoms with Crippen molar-refractivity contribution in [3.63, 3.8) is 0 Å². The molecular formula is C31H43N3O6S. The van der Waals surface area contributed by atoms with Crippen LogP contribution in [0.2, 0.25) is 0 Å². The van der Waals surface area contributed by atoms with Crippen molar-refractivity contribution in [2.75, 3.05) is 32.1 Å². The van der Waals surface area contributed by atoms with Crippen LogP contribution >= 0.6 is 0 Å². The third kappa shape index (κ3) is 7.47. The summed E-state index contributed by atoms with van der Waals surface area (Å²) < 4.78 is 34.5. The molecule has 2 amide bonds. The highest BCUT2D eigenvalue weighted by molar-refractivity contribution is 7.89. The second-order valence-electron chi connectivity index (χ2n) is 11.6. The van der Waals surface area contributed by atoms with Gasteiger partial charge in [0.25, 0.3) is 0 Å². The van der Waals surface area contributed by atoms with E-state index < -0.39 is 22.2 Å². The molecule has 0 bridgehead atoms. The number of carbonyl (C=O) groups excluding carboxylic acids is 2. The second-order valence-corrected chi connectivity index (χ2v) is 13.7. The number of amides is 2. The molecule has 1 saturated carbocycles. The van der Waals surface area contributed by atoms with Gasteiger partial charge in [0.2, 0.25) is 21.8 Å². The summed E-state index contributed by atoms with van der Waals surface area (Å²) in [6.45, 7) is 5.77. The zero-order chi connectivity index (χ0) is 29.7. The molecule has 1 aliphatic heterocycles. The minimum Gasteiger partial charge on any atom is -0.488 e. The van der Waals surface area contributed by atoms with Crippen LogP contribution in [0, 0.1) is 18.8 Å². The van der Waals surface area contributed by atoms with Gasteiger partial charge in [0, 0.05) is 36.7 Å². The number of aliphatic hydroxyl groups is 1. The van der Waals surface area contributed by atoms with Crippen molar-refractivity contribution in [1.82, 2.24) is 9.21 Å². The number of nitrogens with one attached hydrogen (secondary N) is 1. The molecule has 2 aromatic rings. The van der Waals surface area contributed by atoms with Gasteiger partial charge in [-0.05, 0) is 57.0 Å². The number of fused-ring (bicyclic) bond motifs is 1. The number of carbonyl (C=O) groups is 2. The summed E-state index contributed by atoms with van der Waals surface area (Å²) in [5, 5.41) is 12.9. The maximum Gasteiger partial charge on any atom is 0.242 e. The summed E-state index contributed by atoms with van der Waals surface area (Å²) in [4.78, 5) is 28.2. The number of rotatable bonds is 8. The summed E-state index contributed by atoms with van der Waals surface area (Å²) in [6, 6.07) is 11.6. The Morgan fingerprint density at radius 3 is 2.49 bits per heavy atom. The third-order valence-corrected chi connectivity index (χ3v) is 10.2. The van der Waals surface area contributed by atoms with Crippen molar-refractivity contribution in [2.24, 2.45) is 11.8 Å². The largest absolute Gasteiger partial charge is 0.488 e. The molecule has 0 spiro atoms. The van der Waals surface area contributed by atoms with Gasteiger partial charge in [0.15, 0.2) is 0 Å². The molecule has 2 aliphatic rings.